The van der Waals surface area contributed by atoms with Crippen LogP contribution in [-0.4, -0.2) is 56.6 Å². The molecule has 0 fully saturated rings. The summed E-state index contributed by atoms with van der Waals surface area (Å²) in [4.78, 5) is 39.5. The molecule has 0 aliphatic carbocycles. The highest BCUT2D eigenvalue weighted by Gasteiger charge is 2.23. The number of ether oxygens (including phenoxy) is 1. The number of rotatable bonds is 9. The molecule has 8 nitrogen and oxygen atoms in total. The Morgan fingerprint density at radius 3 is 2.17 bits per heavy atom. The molecule has 2 aromatic rings. The number of hydrogen-bond donors (Lipinski definition) is 2. The second-order valence-electron chi connectivity index (χ2n) is 7.17. The monoisotopic (exact) mass is 412 g/mol. The van der Waals surface area contributed by atoms with Gasteiger partial charge in [-0.25, -0.2) is 9.59 Å². The highest BCUT2D eigenvalue weighted by atomic mass is 16.5. The van der Waals surface area contributed by atoms with Gasteiger partial charge < -0.3 is 25.6 Å². The lowest BCUT2D eigenvalue weighted by Crippen LogP contribution is -2.46. The molecule has 1 atom stereocenters. The van der Waals surface area contributed by atoms with Crippen LogP contribution in [0.25, 0.3) is 0 Å². The number of carbonyl (C=O) groups is 3. The fraction of sp³-hybridized carbons (Fsp3) is 0.318. The third kappa shape index (κ3) is 7.12. The van der Waals surface area contributed by atoms with E-state index in [1.165, 1.54) is 4.90 Å². The van der Waals surface area contributed by atoms with Crippen molar-refractivity contribution in [2.75, 3.05) is 32.6 Å². The summed E-state index contributed by atoms with van der Waals surface area (Å²) >= 11 is 0. The molecule has 0 bridgehead atoms. The van der Waals surface area contributed by atoms with Gasteiger partial charge in [-0.3, -0.25) is 4.79 Å². The molecule has 0 aliphatic rings. The van der Waals surface area contributed by atoms with Crippen molar-refractivity contribution in [3.63, 3.8) is 0 Å². The summed E-state index contributed by atoms with van der Waals surface area (Å²) in [5.41, 5.74) is 8.02. The number of esters is 1. The van der Waals surface area contributed by atoms with E-state index in [-0.39, 0.29) is 12.3 Å². The maximum absolute atomic E-state index is 12.4. The van der Waals surface area contributed by atoms with E-state index in [1.54, 1.807) is 7.05 Å². The number of urea groups is 1. The predicted octanol–water partition coefficient (Wildman–Crippen LogP) is 1.53. The van der Waals surface area contributed by atoms with Crippen LogP contribution in [0.3, 0.4) is 0 Å². The fourth-order valence-corrected chi connectivity index (χ4v) is 2.82. The summed E-state index contributed by atoms with van der Waals surface area (Å²) in [6, 6.07) is 15.2. The summed E-state index contributed by atoms with van der Waals surface area (Å²) in [5.74, 6) is -1.06. The highest BCUT2D eigenvalue weighted by molar-refractivity contribution is 5.85. The van der Waals surface area contributed by atoms with Gasteiger partial charge in [0.15, 0.2) is 6.61 Å². The first kappa shape index (κ1) is 22.7. The maximum atomic E-state index is 12.4. The van der Waals surface area contributed by atoms with Gasteiger partial charge in [-0.05, 0) is 23.3 Å². The van der Waals surface area contributed by atoms with Gasteiger partial charge in [0.25, 0.3) is 5.91 Å². The van der Waals surface area contributed by atoms with Gasteiger partial charge in [-0.2, -0.15) is 0 Å². The van der Waals surface area contributed by atoms with Crippen molar-refractivity contribution in [1.82, 2.24) is 10.2 Å². The van der Waals surface area contributed by atoms with Gasteiger partial charge in [0, 0.05) is 39.8 Å². The lowest BCUT2D eigenvalue weighted by molar-refractivity contribution is -0.153. The molecule has 2 aromatic carbocycles. The molecule has 3 N–H and O–H groups in total. The molecule has 30 heavy (non-hydrogen) atoms. The van der Waals surface area contributed by atoms with E-state index in [9.17, 15) is 14.4 Å². The van der Waals surface area contributed by atoms with E-state index >= 15 is 0 Å². The van der Waals surface area contributed by atoms with Crippen LogP contribution in [-0.2, 0) is 27.3 Å². The Balaban J connectivity index is 1.89. The number of benzene rings is 2. The Hall–Kier alpha value is -3.55. The highest BCUT2D eigenvalue weighted by Crippen LogP contribution is 2.13. The zero-order valence-corrected chi connectivity index (χ0v) is 17.5. The van der Waals surface area contributed by atoms with Gasteiger partial charge in [-0.1, -0.05) is 42.5 Å². The van der Waals surface area contributed by atoms with Gasteiger partial charge in [0.05, 0.1) is 0 Å². The summed E-state index contributed by atoms with van der Waals surface area (Å²) in [7, 11) is 5.55. The fourth-order valence-electron chi connectivity index (χ4n) is 2.82. The smallest absolute Gasteiger partial charge is 0.329 e. The Kier molecular flexibility index (Phi) is 8.22. The molecule has 0 saturated carbocycles. The molecule has 0 spiro atoms. The summed E-state index contributed by atoms with van der Waals surface area (Å²) in [5, 5.41) is 2.37. The predicted molar refractivity (Wildman–Crippen MR) is 115 cm³/mol. The zero-order valence-electron chi connectivity index (χ0n) is 17.5. The molecule has 8 heteroatoms. The van der Waals surface area contributed by atoms with Gasteiger partial charge in [0.2, 0.25) is 0 Å². The van der Waals surface area contributed by atoms with Crippen molar-refractivity contribution in [2.24, 2.45) is 5.73 Å². The van der Waals surface area contributed by atoms with E-state index in [1.807, 2.05) is 73.6 Å². The molecule has 0 heterocycles. The van der Waals surface area contributed by atoms with Crippen LogP contribution >= 0.6 is 0 Å². The Morgan fingerprint density at radius 2 is 1.60 bits per heavy atom. The van der Waals surface area contributed by atoms with Crippen molar-refractivity contribution >= 4 is 23.6 Å². The van der Waals surface area contributed by atoms with Gasteiger partial charge >= 0.3 is 12.0 Å². The topological polar surface area (TPSA) is 105 Å². The lowest BCUT2D eigenvalue weighted by atomic mass is 10.1. The standard InChI is InChI=1S/C22H28N4O4/c1-25(2)18-11-9-17(10-12-18)14-26(3)20(27)15-30-21(28)19(24-22(23)29)13-16-7-5-4-6-8-16/h4-12,19H,13-15H2,1-3H3,(H3,23,24,29)/t19-/m0/s1. The SMILES string of the molecule is CN(Cc1ccc(N(C)C)cc1)C(=O)COC(=O)[C@H](Cc1ccccc1)NC(N)=O. The van der Waals surface area contributed by atoms with Crippen LogP contribution < -0.4 is 16.0 Å². The minimum atomic E-state index is -0.971. The van der Waals surface area contributed by atoms with Crippen molar-refractivity contribution < 1.29 is 19.1 Å². The van der Waals surface area contributed by atoms with Crippen LogP contribution in [0.1, 0.15) is 11.1 Å². The maximum Gasteiger partial charge on any atom is 0.329 e. The van der Waals surface area contributed by atoms with E-state index in [4.69, 9.17) is 10.5 Å². The van der Waals surface area contributed by atoms with Crippen LogP contribution in [0.15, 0.2) is 54.6 Å². The van der Waals surface area contributed by atoms with E-state index in [0.717, 1.165) is 16.8 Å². The number of nitrogens with zero attached hydrogens (tertiary/aromatic N) is 2. The van der Waals surface area contributed by atoms with Crippen molar-refractivity contribution in [1.29, 1.82) is 0 Å². The molecule has 3 amide bonds. The molecule has 0 aliphatic heterocycles. The first-order valence-corrected chi connectivity index (χ1v) is 9.53. The van der Waals surface area contributed by atoms with Crippen LogP contribution in [0.5, 0.6) is 0 Å². The van der Waals surface area contributed by atoms with E-state index < -0.39 is 24.6 Å². The number of carbonyl (C=O) groups excluding carboxylic acids is 3. The normalized spacial score (nSPS) is 11.3. The van der Waals surface area contributed by atoms with E-state index in [2.05, 4.69) is 5.32 Å². The Labute approximate surface area is 176 Å². The van der Waals surface area contributed by atoms with Crippen LogP contribution in [0.4, 0.5) is 10.5 Å². The molecule has 0 saturated heterocycles. The summed E-state index contributed by atoms with van der Waals surface area (Å²) in [6.07, 6.45) is 0.213. The first-order chi connectivity index (χ1) is 14.3. The number of nitrogens with one attached hydrogen (secondary N) is 1. The number of hydrogen-bond acceptors (Lipinski definition) is 5. The number of likely N-dealkylation sites (N-methyl/N-ethyl adjacent to an activating group) is 1. The molecule has 160 valence electrons. The number of nitrogens with two attached hydrogens (primary N) is 1. The summed E-state index contributed by atoms with van der Waals surface area (Å²) in [6.45, 7) is -0.0338. The third-order valence-electron chi connectivity index (χ3n) is 4.52. The Bertz CT molecular complexity index is 853. The number of primary amides is 1. The van der Waals surface area contributed by atoms with Crippen LogP contribution in [0, 0.1) is 0 Å². The molecule has 0 unspecified atom stereocenters. The second-order valence-corrected chi connectivity index (χ2v) is 7.17. The molecule has 0 aromatic heterocycles. The number of amides is 3. The minimum Gasteiger partial charge on any atom is -0.454 e. The first-order valence-electron chi connectivity index (χ1n) is 9.53. The molecule has 0 radical (unpaired) electrons. The second kappa shape index (κ2) is 10.8. The summed E-state index contributed by atoms with van der Waals surface area (Å²) < 4.78 is 5.14. The van der Waals surface area contributed by atoms with E-state index in [0.29, 0.717) is 6.54 Å². The minimum absolute atomic E-state index is 0.213. The van der Waals surface area contributed by atoms with Crippen molar-refractivity contribution in [2.45, 2.75) is 19.0 Å². The Morgan fingerprint density at radius 1 is 0.967 bits per heavy atom. The van der Waals surface area contributed by atoms with Gasteiger partial charge in [-0.15, -0.1) is 0 Å². The largest absolute Gasteiger partial charge is 0.454 e. The number of anilines is 1. The van der Waals surface area contributed by atoms with Crippen molar-refractivity contribution in [3.8, 4) is 0 Å². The quantitative estimate of drug-likeness (QED) is 0.608. The van der Waals surface area contributed by atoms with Crippen LogP contribution in [0.2, 0.25) is 0 Å². The third-order valence-corrected chi connectivity index (χ3v) is 4.52. The average molecular weight is 412 g/mol. The molecular formula is C22H28N4O4. The molecule has 2 rings (SSSR count). The van der Waals surface area contributed by atoms with Crippen molar-refractivity contribution in [3.05, 3.63) is 65.7 Å². The average Bonchev–Trinajstić information content (AvgIpc) is 2.72. The van der Waals surface area contributed by atoms with Gasteiger partial charge in [0.1, 0.15) is 6.04 Å². The lowest BCUT2D eigenvalue weighted by Gasteiger charge is -2.20. The molecular weight excluding hydrogens is 384 g/mol. The zero-order chi connectivity index (χ0) is 22.1.